The molecule has 0 atom stereocenters. The van der Waals surface area contributed by atoms with Crippen molar-refractivity contribution in [3.8, 4) is 0 Å². The van der Waals surface area contributed by atoms with E-state index >= 15 is 0 Å². The lowest BCUT2D eigenvalue weighted by Gasteiger charge is -2.30. The molecule has 1 amide bonds. The number of halogens is 9. The van der Waals surface area contributed by atoms with Gasteiger partial charge in [-0.2, -0.15) is 39.5 Å². The molecule has 0 aliphatic carbocycles. The van der Waals surface area contributed by atoms with Gasteiger partial charge >= 0.3 is 24.5 Å². The number of aliphatic carboxylic acids is 1. The van der Waals surface area contributed by atoms with Gasteiger partial charge in [0.15, 0.2) is 0 Å². The lowest BCUT2D eigenvalue weighted by atomic mass is 10.0. The zero-order valence-corrected chi connectivity index (χ0v) is 27.9. The van der Waals surface area contributed by atoms with Crippen molar-refractivity contribution in [3.63, 3.8) is 0 Å². The number of carbonyl (C=O) groups is 2. The van der Waals surface area contributed by atoms with Gasteiger partial charge in [-0.15, -0.1) is 0 Å². The second-order valence-electron chi connectivity index (χ2n) is 12.0. The van der Waals surface area contributed by atoms with E-state index in [1.54, 1.807) is 6.92 Å². The molecule has 18 heteroatoms. The second-order valence-corrected chi connectivity index (χ2v) is 12.0. The fraction of sp³-hybridized carbons (Fsp3) is 0.471. The molecule has 1 saturated heterocycles. The van der Waals surface area contributed by atoms with Crippen LogP contribution in [0.4, 0.5) is 56.8 Å². The van der Waals surface area contributed by atoms with Crippen LogP contribution in [-0.2, 0) is 45.9 Å². The van der Waals surface area contributed by atoms with Gasteiger partial charge < -0.3 is 24.5 Å². The van der Waals surface area contributed by atoms with Crippen molar-refractivity contribution in [2.45, 2.75) is 70.6 Å². The Labute approximate surface area is 293 Å². The molecule has 1 fully saturated rings. The van der Waals surface area contributed by atoms with Gasteiger partial charge in [0.05, 0.1) is 48.0 Å². The number of benzene rings is 2. The molecule has 0 bridgehead atoms. The number of morpholine rings is 1. The van der Waals surface area contributed by atoms with E-state index < -0.39 is 65.7 Å². The summed E-state index contributed by atoms with van der Waals surface area (Å²) in [7, 11) is 0. The van der Waals surface area contributed by atoms with Gasteiger partial charge in [-0.05, 0) is 67.3 Å². The Morgan fingerprint density at radius 1 is 0.788 bits per heavy atom. The summed E-state index contributed by atoms with van der Waals surface area (Å²) in [5.41, 5.74) is -4.29. The van der Waals surface area contributed by atoms with E-state index in [2.05, 4.69) is 9.97 Å². The largest absolute Gasteiger partial charge is 0.481 e. The van der Waals surface area contributed by atoms with E-state index in [0.29, 0.717) is 63.4 Å². The lowest BCUT2D eigenvalue weighted by molar-refractivity contribution is -0.143. The number of carboxylic acid groups (broad SMARTS) is 1. The van der Waals surface area contributed by atoms with Gasteiger partial charge in [-0.3, -0.25) is 9.59 Å². The molecule has 3 aromatic rings. The summed E-state index contributed by atoms with van der Waals surface area (Å²) >= 11 is 0. The number of alkyl halides is 9. The number of carboxylic acids is 1. The molecule has 1 N–H and O–H groups in total. The van der Waals surface area contributed by atoms with Crippen molar-refractivity contribution in [1.29, 1.82) is 0 Å². The third-order valence-corrected chi connectivity index (χ3v) is 8.26. The van der Waals surface area contributed by atoms with Crippen molar-refractivity contribution in [2.24, 2.45) is 0 Å². The van der Waals surface area contributed by atoms with Crippen molar-refractivity contribution in [2.75, 3.05) is 47.5 Å². The highest BCUT2D eigenvalue weighted by atomic mass is 19.4. The van der Waals surface area contributed by atoms with E-state index in [1.165, 1.54) is 17.3 Å². The number of aromatic nitrogens is 2. The van der Waals surface area contributed by atoms with Gasteiger partial charge in [0.25, 0.3) is 0 Å². The van der Waals surface area contributed by atoms with Crippen molar-refractivity contribution in [1.82, 2.24) is 9.97 Å². The Hall–Kier alpha value is -4.61. The maximum atomic E-state index is 14.0. The molecule has 1 aliphatic rings. The summed E-state index contributed by atoms with van der Waals surface area (Å²) < 4.78 is 130. The van der Waals surface area contributed by atoms with E-state index in [4.69, 9.17) is 9.84 Å². The third kappa shape index (κ3) is 10.9. The van der Waals surface area contributed by atoms with Crippen molar-refractivity contribution >= 4 is 29.2 Å². The highest BCUT2D eigenvalue weighted by Gasteiger charge is 2.37. The Morgan fingerprint density at radius 2 is 1.37 bits per heavy atom. The van der Waals surface area contributed by atoms with Crippen LogP contribution in [0.5, 0.6) is 0 Å². The first kappa shape index (κ1) is 40.2. The Balaban J connectivity index is 1.78. The van der Waals surface area contributed by atoms with E-state index in [9.17, 15) is 49.1 Å². The molecule has 4 rings (SSSR count). The summed E-state index contributed by atoms with van der Waals surface area (Å²) in [6.45, 7) is 2.14. The van der Waals surface area contributed by atoms with Crippen LogP contribution >= 0.6 is 0 Å². The average molecular weight is 750 g/mol. The van der Waals surface area contributed by atoms with E-state index in [0.717, 1.165) is 23.1 Å². The molecule has 284 valence electrons. The number of carbonyl (C=O) groups excluding carboxylic acids is 1. The second kappa shape index (κ2) is 16.8. The predicted molar refractivity (Wildman–Crippen MR) is 172 cm³/mol. The van der Waals surface area contributed by atoms with Gasteiger partial charge in [-0.25, -0.2) is 9.97 Å². The molecular formula is C34H36F9N5O4. The maximum absolute atomic E-state index is 14.0. The molecule has 2 heterocycles. The van der Waals surface area contributed by atoms with Gasteiger partial charge in [0, 0.05) is 51.3 Å². The topological polar surface area (TPSA) is 99.1 Å². The van der Waals surface area contributed by atoms with Crippen molar-refractivity contribution < 1.29 is 58.9 Å². The monoisotopic (exact) mass is 749 g/mol. The van der Waals surface area contributed by atoms with Crippen LogP contribution in [0.25, 0.3) is 0 Å². The SMILES string of the molecule is CCN(C(=O)CCCCCC(=O)O)c1ccc(C(F)(F)F)cc1CN(Cc1cc(C(F)(F)F)cc(C(F)(F)F)c1)c1ncc(N2CCOCC2)cn1. The van der Waals surface area contributed by atoms with Crippen LogP contribution in [-0.4, -0.2) is 59.8 Å². The number of nitrogens with zero attached hydrogens (tertiary/aromatic N) is 5. The molecule has 1 aliphatic heterocycles. The van der Waals surface area contributed by atoms with Gasteiger partial charge in [-0.1, -0.05) is 6.42 Å². The summed E-state index contributed by atoms with van der Waals surface area (Å²) in [5.74, 6) is -1.69. The van der Waals surface area contributed by atoms with Gasteiger partial charge in [0.2, 0.25) is 11.9 Å². The average Bonchev–Trinajstić information content (AvgIpc) is 3.07. The lowest BCUT2D eigenvalue weighted by Crippen LogP contribution is -2.36. The first-order chi connectivity index (χ1) is 24.4. The molecule has 2 aromatic carbocycles. The van der Waals surface area contributed by atoms with Crippen LogP contribution in [0.2, 0.25) is 0 Å². The van der Waals surface area contributed by atoms with Crippen molar-refractivity contribution in [3.05, 3.63) is 76.6 Å². The Morgan fingerprint density at radius 3 is 1.90 bits per heavy atom. The quantitative estimate of drug-likeness (QED) is 0.131. The number of anilines is 3. The Bertz CT molecular complexity index is 1640. The van der Waals surface area contributed by atoms with Crippen LogP contribution in [0.3, 0.4) is 0 Å². The molecule has 0 saturated carbocycles. The number of ether oxygens (including phenoxy) is 1. The van der Waals surface area contributed by atoms with Crippen LogP contribution in [0.1, 0.15) is 66.8 Å². The number of amides is 1. The minimum absolute atomic E-state index is 0.000357. The first-order valence-corrected chi connectivity index (χ1v) is 16.3. The molecule has 0 radical (unpaired) electrons. The van der Waals surface area contributed by atoms with Crippen LogP contribution < -0.4 is 14.7 Å². The third-order valence-electron chi connectivity index (χ3n) is 8.26. The highest BCUT2D eigenvalue weighted by Crippen LogP contribution is 2.38. The van der Waals surface area contributed by atoms with Crippen LogP contribution in [0.15, 0.2) is 48.8 Å². The number of hydrogen-bond donors (Lipinski definition) is 1. The normalized spacial score (nSPS) is 14.0. The van der Waals surface area contributed by atoms with E-state index in [-0.39, 0.29) is 42.7 Å². The zero-order chi connectivity index (χ0) is 38.3. The van der Waals surface area contributed by atoms with E-state index in [1.807, 2.05) is 4.90 Å². The first-order valence-electron chi connectivity index (χ1n) is 16.3. The predicted octanol–water partition coefficient (Wildman–Crippen LogP) is 7.96. The number of hydrogen-bond acceptors (Lipinski definition) is 7. The zero-order valence-electron chi connectivity index (χ0n) is 27.9. The maximum Gasteiger partial charge on any atom is 0.416 e. The highest BCUT2D eigenvalue weighted by molar-refractivity contribution is 5.94. The minimum atomic E-state index is -5.15. The molecule has 9 nitrogen and oxygen atoms in total. The standard InChI is InChI=1S/C34H36F9N5O4/c1-2-48(29(49)6-4-3-5-7-30(50)51)28-9-8-24(32(35,36)37)16-23(28)21-47(31-44-18-27(19-45-31)46-10-12-52-13-11-46)20-22-14-25(33(38,39)40)17-26(15-22)34(41,42)43/h8-9,14-19H,2-7,10-13,20-21H2,1H3,(H,50,51). The summed E-state index contributed by atoms with van der Waals surface area (Å²) in [6.07, 6.45) is -11.5. The minimum Gasteiger partial charge on any atom is -0.481 e. The molecular weight excluding hydrogens is 713 g/mol. The van der Waals surface area contributed by atoms with Gasteiger partial charge in [0.1, 0.15) is 0 Å². The summed E-state index contributed by atoms with van der Waals surface area (Å²) in [4.78, 5) is 37.0. The molecule has 0 spiro atoms. The smallest absolute Gasteiger partial charge is 0.416 e. The van der Waals surface area contributed by atoms with Crippen LogP contribution in [0, 0.1) is 0 Å². The summed E-state index contributed by atoms with van der Waals surface area (Å²) in [6, 6.07) is 3.62. The fourth-order valence-electron chi connectivity index (χ4n) is 5.69. The molecule has 1 aromatic heterocycles. The number of unbranched alkanes of at least 4 members (excludes halogenated alkanes) is 2. The Kier molecular flexibility index (Phi) is 13.0. The summed E-state index contributed by atoms with van der Waals surface area (Å²) in [5, 5.41) is 8.85. The molecule has 0 unspecified atom stereocenters. The number of rotatable bonds is 14. The molecule has 52 heavy (non-hydrogen) atoms. The fourth-order valence-corrected chi connectivity index (χ4v) is 5.69.